The largest absolute Gasteiger partial charge is 0.314 e. The Kier molecular flexibility index (Phi) is 5.22. The fraction of sp³-hybridized carbons (Fsp3) is 0.538. The molecule has 1 heterocycles. The quantitative estimate of drug-likeness (QED) is 0.844. The van der Waals surface area contributed by atoms with Gasteiger partial charge in [-0.15, -0.1) is 23.5 Å². The molecule has 0 aromatic heterocycles. The highest BCUT2D eigenvalue weighted by atomic mass is 32.2. The van der Waals surface area contributed by atoms with Crippen molar-refractivity contribution < 1.29 is 0 Å². The first-order valence-electron chi connectivity index (χ1n) is 5.97. The zero-order valence-electron chi connectivity index (χ0n) is 10.5. The van der Waals surface area contributed by atoms with Crippen LogP contribution in [0.3, 0.4) is 0 Å². The summed E-state index contributed by atoms with van der Waals surface area (Å²) in [6.07, 6.45) is 4.30. The monoisotopic (exact) mass is 268 g/mol. The van der Waals surface area contributed by atoms with Crippen molar-refractivity contribution in [1.29, 1.82) is 0 Å². The number of nitrogens with zero attached hydrogens (tertiary/aromatic N) is 1. The summed E-state index contributed by atoms with van der Waals surface area (Å²) in [7, 11) is 0. The van der Waals surface area contributed by atoms with Crippen molar-refractivity contribution in [3.05, 3.63) is 23.8 Å². The molecule has 2 rings (SSSR count). The van der Waals surface area contributed by atoms with Crippen LogP contribution >= 0.6 is 23.5 Å². The minimum absolute atomic E-state index is 1.09. The van der Waals surface area contributed by atoms with Crippen molar-refractivity contribution in [2.24, 2.45) is 0 Å². The van der Waals surface area contributed by atoms with Gasteiger partial charge in [0.15, 0.2) is 0 Å². The number of hydrogen-bond acceptors (Lipinski definition) is 4. The van der Waals surface area contributed by atoms with Gasteiger partial charge in [0.05, 0.1) is 0 Å². The molecule has 1 saturated heterocycles. The first-order chi connectivity index (χ1) is 8.33. The van der Waals surface area contributed by atoms with E-state index in [9.17, 15) is 0 Å². The lowest BCUT2D eigenvalue weighted by Crippen LogP contribution is -2.42. The van der Waals surface area contributed by atoms with E-state index in [0.717, 1.165) is 19.6 Å². The van der Waals surface area contributed by atoms with Gasteiger partial charge in [0.25, 0.3) is 0 Å². The van der Waals surface area contributed by atoms with Gasteiger partial charge in [-0.1, -0.05) is 6.07 Å². The van der Waals surface area contributed by atoms with Crippen LogP contribution in [0.1, 0.15) is 5.56 Å². The lowest BCUT2D eigenvalue weighted by Gasteiger charge is -2.27. The molecule has 0 aliphatic carbocycles. The minimum Gasteiger partial charge on any atom is -0.314 e. The molecule has 1 aromatic rings. The van der Waals surface area contributed by atoms with Crippen molar-refractivity contribution in [3.63, 3.8) is 0 Å². The molecule has 0 spiro atoms. The fourth-order valence-electron chi connectivity index (χ4n) is 2.11. The van der Waals surface area contributed by atoms with E-state index < -0.39 is 0 Å². The van der Waals surface area contributed by atoms with Crippen LogP contribution in [0.15, 0.2) is 28.0 Å². The molecule has 0 bridgehead atoms. The van der Waals surface area contributed by atoms with Crippen LogP contribution < -0.4 is 5.32 Å². The second kappa shape index (κ2) is 6.69. The number of nitrogens with one attached hydrogen (secondary N) is 1. The molecule has 1 N–H and O–H groups in total. The Morgan fingerprint density at radius 3 is 2.47 bits per heavy atom. The van der Waals surface area contributed by atoms with Crippen LogP contribution in [0.25, 0.3) is 0 Å². The zero-order chi connectivity index (χ0) is 12.1. The molecule has 17 heavy (non-hydrogen) atoms. The second-order valence-electron chi connectivity index (χ2n) is 4.22. The Morgan fingerprint density at radius 1 is 1.12 bits per heavy atom. The fourth-order valence-corrected chi connectivity index (χ4v) is 3.61. The third-order valence-electron chi connectivity index (χ3n) is 3.06. The molecule has 94 valence electrons. The summed E-state index contributed by atoms with van der Waals surface area (Å²) < 4.78 is 0. The number of benzene rings is 1. The predicted molar refractivity (Wildman–Crippen MR) is 78.2 cm³/mol. The van der Waals surface area contributed by atoms with Gasteiger partial charge in [-0.3, -0.25) is 4.90 Å². The Morgan fingerprint density at radius 2 is 1.82 bits per heavy atom. The Bertz CT molecular complexity index is 362. The Labute approximate surface area is 113 Å². The molecule has 4 heteroatoms. The van der Waals surface area contributed by atoms with Gasteiger partial charge in [-0.2, -0.15) is 0 Å². The maximum absolute atomic E-state index is 3.39. The molecule has 2 nitrogen and oxygen atoms in total. The summed E-state index contributed by atoms with van der Waals surface area (Å²) in [5.74, 6) is 0. The first kappa shape index (κ1) is 13.3. The summed E-state index contributed by atoms with van der Waals surface area (Å²) in [5, 5.41) is 3.39. The Hall–Kier alpha value is -0.160. The summed E-state index contributed by atoms with van der Waals surface area (Å²) in [6, 6.07) is 6.88. The lowest BCUT2D eigenvalue weighted by atomic mass is 10.2. The van der Waals surface area contributed by atoms with Crippen molar-refractivity contribution in [3.8, 4) is 0 Å². The number of rotatable bonds is 4. The molecule has 0 amide bonds. The average molecular weight is 268 g/mol. The van der Waals surface area contributed by atoms with Gasteiger partial charge >= 0.3 is 0 Å². The SMILES string of the molecule is CSc1ccc(CN2CCNCC2)cc1SC. The highest BCUT2D eigenvalue weighted by Crippen LogP contribution is 2.29. The van der Waals surface area contributed by atoms with Crippen molar-refractivity contribution in [1.82, 2.24) is 10.2 Å². The molecule has 0 radical (unpaired) electrons. The standard InChI is InChI=1S/C13H20N2S2/c1-16-12-4-3-11(9-13(12)17-2)10-15-7-5-14-6-8-15/h3-4,9,14H,5-8,10H2,1-2H3. The molecular formula is C13H20N2S2. The van der Waals surface area contributed by atoms with Crippen LogP contribution in [0.2, 0.25) is 0 Å². The number of hydrogen-bond donors (Lipinski definition) is 1. The van der Waals surface area contributed by atoms with E-state index in [1.807, 2.05) is 23.5 Å². The zero-order valence-corrected chi connectivity index (χ0v) is 12.2. The predicted octanol–water partition coefficient (Wildman–Crippen LogP) is 2.54. The van der Waals surface area contributed by atoms with E-state index >= 15 is 0 Å². The van der Waals surface area contributed by atoms with Crippen LogP contribution in [0.5, 0.6) is 0 Å². The molecule has 0 saturated carbocycles. The van der Waals surface area contributed by atoms with Gasteiger partial charge in [-0.25, -0.2) is 0 Å². The Balaban J connectivity index is 2.05. The molecule has 0 unspecified atom stereocenters. The van der Waals surface area contributed by atoms with Crippen LogP contribution in [0, 0.1) is 0 Å². The topological polar surface area (TPSA) is 15.3 Å². The summed E-state index contributed by atoms with van der Waals surface area (Å²) in [6.45, 7) is 5.66. The maximum Gasteiger partial charge on any atom is 0.0235 e. The summed E-state index contributed by atoms with van der Waals surface area (Å²) in [5.41, 5.74) is 1.44. The lowest BCUT2D eigenvalue weighted by molar-refractivity contribution is 0.233. The van der Waals surface area contributed by atoms with Gasteiger partial charge in [0, 0.05) is 42.5 Å². The van der Waals surface area contributed by atoms with E-state index in [0.29, 0.717) is 0 Å². The molecular weight excluding hydrogens is 248 g/mol. The first-order valence-corrected chi connectivity index (χ1v) is 8.42. The number of thioether (sulfide) groups is 2. The maximum atomic E-state index is 3.39. The highest BCUT2D eigenvalue weighted by Gasteiger charge is 2.10. The number of piperazine rings is 1. The van der Waals surface area contributed by atoms with Gasteiger partial charge < -0.3 is 5.32 Å². The van der Waals surface area contributed by atoms with Crippen LogP contribution in [-0.4, -0.2) is 43.6 Å². The van der Waals surface area contributed by atoms with E-state index in [4.69, 9.17) is 0 Å². The molecule has 1 aliphatic heterocycles. The van der Waals surface area contributed by atoms with Gasteiger partial charge in [0.1, 0.15) is 0 Å². The third kappa shape index (κ3) is 3.65. The van der Waals surface area contributed by atoms with Crippen LogP contribution in [-0.2, 0) is 6.54 Å². The molecule has 1 aliphatic rings. The normalized spacial score (nSPS) is 17.3. The average Bonchev–Trinajstić information content (AvgIpc) is 2.40. The third-order valence-corrected chi connectivity index (χ3v) is 4.77. The van der Waals surface area contributed by atoms with E-state index in [1.165, 1.54) is 28.4 Å². The van der Waals surface area contributed by atoms with Crippen molar-refractivity contribution in [2.75, 3.05) is 38.7 Å². The summed E-state index contributed by atoms with van der Waals surface area (Å²) in [4.78, 5) is 5.32. The van der Waals surface area contributed by atoms with Gasteiger partial charge in [-0.05, 0) is 30.2 Å². The minimum atomic E-state index is 1.09. The highest BCUT2D eigenvalue weighted by molar-refractivity contribution is 8.01. The van der Waals surface area contributed by atoms with E-state index in [2.05, 4.69) is 40.9 Å². The molecule has 1 fully saturated rings. The molecule has 1 aromatic carbocycles. The second-order valence-corrected chi connectivity index (χ2v) is 5.91. The van der Waals surface area contributed by atoms with E-state index in [1.54, 1.807) is 0 Å². The van der Waals surface area contributed by atoms with E-state index in [-0.39, 0.29) is 0 Å². The van der Waals surface area contributed by atoms with Crippen molar-refractivity contribution in [2.45, 2.75) is 16.3 Å². The summed E-state index contributed by atoms with van der Waals surface area (Å²) >= 11 is 3.67. The smallest absolute Gasteiger partial charge is 0.0235 e. The van der Waals surface area contributed by atoms with Crippen molar-refractivity contribution >= 4 is 23.5 Å². The van der Waals surface area contributed by atoms with Gasteiger partial charge in [0.2, 0.25) is 0 Å². The molecule has 0 atom stereocenters. The van der Waals surface area contributed by atoms with Crippen LogP contribution in [0.4, 0.5) is 0 Å².